The molecule has 0 fully saturated rings. The number of para-hydroxylation sites is 1. The van der Waals surface area contributed by atoms with E-state index in [2.05, 4.69) is 59.2 Å². The number of hydrazone groups is 1. The smallest absolute Gasteiger partial charge is 0.265 e. The lowest BCUT2D eigenvalue weighted by molar-refractivity contribution is 0.286. The molecular weight excluding hydrogens is 472 g/mol. The van der Waals surface area contributed by atoms with Crippen LogP contribution in [0.3, 0.4) is 0 Å². The molecule has 1 N–H and O–H groups in total. The van der Waals surface area contributed by atoms with Gasteiger partial charge in [0.2, 0.25) is 0 Å². The van der Waals surface area contributed by atoms with Crippen molar-refractivity contribution >= 4 is 50.2 Å². The molecular formula is C23H25BrN6O2. The molecule has 4 aromatic rings. The zero-order valence-electron chi connectivity index (χ0n) is 18.3. The van der Waals surface area contributed by atoms with Crippen molar-refractivity contribution in [3.05, 3.63) is 46.4 Å². The topological polar surface area (TPSA) is 86.5 Å². The highest BCUT2D eigenvalue weighted by molar-refractivity contribution is 9.10. The van der Waals surface area contributed by atoms with Gasteiger partial charge < -0.3 is 14.0 Å². The number of aryl methyl sites for hydroxylation is 1. The molecule has 2 heterocycles. The van der Waals surface area contributed by atoms with Gasteiger partial charge in [-0.1, -0.05) is 25.1 Å². The molecule has 0 aliphatic heterocycles. The predicted octanol–water partition coefficient (Wildman–Crippen LogP) is 5.40. The van der Waals surface area contributed by atoms with Crippen molar-refractivity contribution in [1.29, 1.82) is 0 Å². The minimum atomic E-state index is 0.337. The van der Waals surface area contributed by atoms with Crippen LogP contribution < -0.4 is 14.9 Å². The van der Waals surface area contributed by atoms with Crippen LogP contribution in [0.1, 0.15) is 32.8 Å². The summed E-state index contributed by atoms with van der Waals surface area (Å²) in [7, 11) is 0. The second kappa shape index (κ2) is 9.95. The van der Waals surface area contributed by atoms with E-state index in [-0.39, 0.29) is 0 Å². The quantitative estimate of drug-likeness (QED) is 0.246. The van der Waals surface area contributed by atoms with E-state index in [1.54, 1.807) is 6.21 Å². The number of anilines is 1. The van der Waals surface area contributed by atoms with Crippen molar-refractivity contribution in [2.75, 3.05) is 18.6 Å². The van der Waals surface area contributed by atoms with Crippen molar-refractivity contribution in [3.8, 4) is 11.5 Å². The maximum atomic E-state index is 5.71. The molecule has 9 heteroatoms. The molecule has 0 radical (unpaired) electrons. The lowest BCUT2D eigenvalue weighted by atomic mass is 10.2. The summed E-state index contributed by atoms with van der Waals surface area (Å²) in [5.41, 5.74) is 6.42. The molecule has 0 saturated heterocycles. The van der Waals surface area contributed by atoms with Gasteiger partial charge >= 0.3 is 0 Å². The van der Waals surface area contributed by atoms with E-state index in [0.29, 0.717) is 30.7 Å². The Balaban J connectivity index is 1.62. The lowest BCUT2D eigenvalue weighted by Gasteiger charge is -2.13. The number of hydrogen-bond acceptors (Lipinski definition) is 7. The van der Waals surface area contributed by atoms with Crippen LogP contribution in [-0.2, 0) is 6.54 Å². The number of fused-ring (bicyclic) bond motifs is 3. The van der Waals surface area contributed by atoms with Crippen molar-refractivity contribution < 1.29 is 9.47 Å². The number of rotatable bonds is 9. The summed E-state index contributed by atoms with van der Waals surface area (Å²) in [4.78, 5) is 4.68. The molecule has 0 amide bonds. The zero-order valence-corrected chi connectivity index (χ0v) is 19.9. The molecule has 0 atom stereocenters. The molecule has 0 spiro atoms. The molecule has 8 nitrogen and oxygen atoms in total. The molecule has 0 saturated carbocycles. The van der Waals surface area contributed by atoms with Crippen LogP contribution in [0.25, 0.3) is 22.1 Å². The summed E-state index contributed by atoms with van der Waals surface area (Å²) in [6, 6.07) is 12.0. The zero-order chi connectivity index (χ0) is 22.5. The normalized spacial score (nSPS) is 11.5. The summed E-state index contributed by atoms with van der Waals surface area (Å²) in [5, 5.41) is 14.0. The van der Waals surface area contributed by atoms with Crippen molar-refractivity contribution in [1.82, 2.24) is 19.7 Å². The fourth-order valence-corrected chi connectivity index (χ4v) is 4.15. The third-order valence-corrected chi connectivity index (χ3v) is 5.41. The molecule has 32 heavy (non-hydrogen) atoms. The summed E-state index contributed by atoms with van der Waals surface area (Å²) in [5.74, 6) is 1.68. The Hall–Kier alpha value is -3.20. The summed E-state index contributed by atoms with van der Waals surface area (Å²) >= 11 is 3.55. The van der Waals surface area contributed by atoms with Gasteiger partial charge in [0.05, 0.1) is 29.4 Å². The third-order valence-electron chi connectivity index (χ3n) is 4.82. The average molecular weight is 497 g/mol. The molecule has 166 valence electrons. The number of nitrogens with one attached hydrogen (secondary N) is 1. The Kier molecular flexibility index (Phi) is 6.84. The molecule has 0 aliphatic rings. The van der Waals surface area contributed by atoms with Crippen LogP contribution >= 0.6 is 15.9 Å². The second-order valence-corrected chi connectivity index (χ2v) is 7.90. The summed E-state index contributed by atoms with van der Waals surface area (Å²) in [6.07, 6.45) is 2.67. The fourth-order valence-electron chi connectivity index (χ4n) is 3.58. The molecule has 0 bridgehead atoms. The Morgan fingerprint density at radius 2 is 1.91 bits per heavy atom. The minimum Gasteiger partial charge on any atom is -0.490 e. The first-order valence-electron chi connectivity index (χ1n) is 10.7. The SMILES string of the molecule is CCCn1c2ccccc2c2nnc(N/N=C/c3cc(Br)c(OCC)c(OCC)c3)nc21. The molecule has 2 aromatic heterocycles. The van der Waals surface area contributed by atoms with Crippen LogP contribution in [-0.4, -0.2) is 39.2 Å². The van der Waals surface area contributed by atoms with Crippen LogP contribution in [0, 0.1) is 0 Å². The first-order valence-corrected chi connectivity index (χ1v) is 11.4. The van der Waals surface area contributed by atoms with Gasteiger partial charge in [-0.3, -0.25) is 0 Å². The predicted molar refractivity (Wildman–Crippen MR) is 131 cm³/mol. The van der Waals surface area contributed by atoms with Crippen molar-refractivity contribution in [3.63, 3.8) is 0 Å². The van der Waals surface area contributed by atoms with Crippen LogP contribution in [0.15, 0.2) is 46.0 Å². The van der Waals surface area contributed by atoms with Gasteiger partial charge in [-0.15, -0.1) is 10.2 Å². The Bertz CT molecular complexity index is 1270. The second-order valence-electron chi connectivity index (χ2n) is 7.04. The fraction of sp³-hybridized carbons (Fsp3) is 0.304. The Morgan fingerprint density at radius 3 is 2.69 bits per heavy atom. The number of halogens is 1. The highest BCUT2D eigenvalue weighted by atomic mass is 79.9. The number of ether oxygens (including phenoxy) is 2. The van der Waals surface area contributed by atoms with Crippen LogP contribution in [0.2, 0.25) is 0 Å². The number of benzene rings is 2. The lowest BCUT2D eigenvalue weighted by Crippen LogP contribution is -2.03. The van der Waals surface area contributed by atoms with Gasteiger partial charge in [-0.25, -0.2) is 5.43 Å². The van der Waals surface area contributed by atoms with Crippen molar-refractivity contribution in [2.24, 2.45) is 5.10 Å². The Labute approximate surface area is 194 Å². The van der Waals surface area contributed by atoms with Gasteiger partial charge in [0.15, 0.2) is 17.1 Å². The standard InChI is InChI=1S/C23H25BrN6O2/c1-4-11-30-18-10-8-7-9-16(18)20-22(30)26-23(29-27-20)28-25-14-15-12-17(24)21(32-6-3)19(13-15)31-5-2/h7-10,12-14H,4-6,11H2,1-3H3,(H,26,28,29)/b25-14+. The number of aromatic nitrogens is 4. The van der Waals surface area contributed by atoms with Crippen LogP contribution in [0.4, 0.5) is 5.95 Å². The first-order chi connectivity index (χ1) is 15.7. The van der Waals surface area contributed by atoms with Gasteiger partial charge in [0.1, 0.15) is 5.52 Å². The number of nitrogens with zero attached hydrogens (tertiary/aromatic N) is 5. The largest absolute Gasteiger partial charge is 0.490 e. The summed E-state index contributed by atoms with van der Waals surface area (Å²) in [6.45, 7) is 7.96. The highest BCUT2D eigenvalue weighted by Gasteiger charge is 2.14. The minimum absolute atomic E-state index is 0.337. The molecule has 4 rings (SSSR count). The Morgan fingerprint density at radius 1 is 1.09 bits per heavy atom. The van der Waals surface area contributed by atoms with E-state index in [0.717, 1.165) is 45.1 Å². The van der Waals surface area contributed by atoms with Gasteiger partial charge in [-0.2, -0.15) is 10.1 Å². The average Bonchev–Trinajstić information content (AvgIpc) is 3.10. The van der Waals surface area contributed by atoms with Crippen LogP contribution in [0.5, 0.6) is 11.5 Å². The maximum absolute atomic E-state index is 5.71. The van der Waals surface area contributed by atoms with E-state index >= 15 is 0 Å². The van der Waals surface area contributed by atoms with E-state index in [9.17, 15) is 0 Å². The van der Waals surface area contributed by atoms with Gasteiger partial charge in [-0.05, 0) is 60.0 Å². The van der Waals surface area contributed by atoms with Gasteiger partial charge in [0.25, 0.3) is 5.95 Å². The van der Waals surface area contributed by atoms with E-state index in [4.69, 9.17) is 9.47 Å². The van der Waals surface area contributed by atoms with Gasteiger partial charge in [0, 0.05) is 11.9 Å². The molecule has 0 unspecified atom stereocenters. The first kappa shape index (κ1) is 22.0. The van der Waals surface area contributed by atoms with E-state index in [1.165, 1.54) is 0 Å². The van der Waals surface area contributed by atoms with Crippen molar-refractivity contribution in [2.45, 2.75) is 33.7 Å². The highest BCUT2D eigenvalue weighted by Crippen LogP contribution is 2.36. The molecule has 0 aliphatic carbocycles. The maximum Gasteiger partial charge on any atom is 0.265 e. The number of hydrogen-bond donors (Lipinski definition) is 1. The summed E-state index contributed by atoms with van der Waals surface area (Å²) < 4.78 is 14.4. The third kappa shape index (κ3) is 4.38. The monoisotopic (exact) mass is 496 g/mol. The van der Waals surface area contributed by atoms with E-state index in [1.807, 2.05) is 44.2 Å². The molecule has 2 aromatic carbocycles. The van der Waals surface area contributed by atoms with E-state index < -0.39 is 0 Å².